The summed E-state index contributed by atoms with van der Waals surface area (Å²) in [5, 5.41) is 4.90. The molecule has 2 aromatic carbocycles. The molecule has 2 heterocycles. The number of hydrogen-bond acceptors (Lipinski definition) is 3. The van der Waals surface area contributed by atoms with Crippen molar-refractivity contribution in [3.05, 3.63) is 83.2 Å². The molecule has 3 aromatic rings. The largest absolute Gasteiger partial charge is 0.337 e. The zero-order valence-corrected chi connectivity index (χ0v) is 18.0. The topological polar surface area (TPSA) is 38.1 Å². The van der Waals surface area contributed by atoms with E-state index < -0.39 is 0 Å². The van der Waals surface area contributed by atoms with Crippen LogP contribution in [0, 0.1) is 0 Å². The average Bonchev–Trinajstić information content (AvgIpc) is 3.14. The highest BCUT2D eigenvalue weighted by molar-refractivity contribution is 7.99. The van der Waals surface area contributed by atoms with Crippen LogP contribution in [0.1, 0.15) is 42.0 Å². The number of aromatic nitrogens is 2. The molecule has 4 nitrogen and oxygen atoms in total. The minimum absolute atomic E-state index is 0.169. The summed E-state index contributed by atoms with van der Waals surface area (Å²) in [5.74, 6) is 0.347. The van der Waals surface area contributed by atoms with E-state index in [2.05, 4.69) is 73.7 Å². The number of nitrogens with zero attached hydrogens (tertiary/aromatic N) is 3. The Morgan fingerprint density at radius 1 is 1.17 bits per heavy atom. The third kappa shape index (κ3) is 4.56. The zero-order valence-electron chi connectivity index (χ0n) is 17.2. The summed E-state index contributed by atoms with van der Waals surface area (Å²) in [6.07, 6.45) is 4.41. The van der Waals surface area contributed by atoms with Crippen LogP contribution >= 0.6 is 11.8 Å². The van der Waals surface area contributed by atoms with E-state index in [1.807, 2.05) is 34.6 Å². The van der Waals surface area contributed by atoms with E-state index in [-0.39, 0.29) is 11.8 Å². The van der Waals surface area contributed by atoms with Gasteiger partial charge in [0.25, 0.3) is 0 Å². The monoisotopic (exact) mass is 405 g/mol. The van der Waals surface area contributed by atoms with Crippen molar-refractivity contribution >= 4 is 17.7 Å². The SMILES string of the molecule is CC(C)Sc1ccc(CC(=O)N2Cc3ccccc3C(c3cnn(C)c3)C2)cc1. The van der Waals surface area contributed by atoms with Crippen molar-refractivity contribution < 1.29 is 4.79 Å². The Morgan fingerprint density at radius 3 is 2.62 bits per heavy atom. The second kappa shape index (κ2) is 8.46. The maximum atomic E-state index is 13.1. The van der Waals surface area contributed by atoms with E-state index in [9.17, 15) is 4.79 Å². The Morgan fingerprint density at radius 2 is 1.93 bits per heavy atom. The van der Waals surface area contributed by atoms with E-state index in [1.165, 1.54) is 16.0 Å². The molecule has 0 fully saturated rings. The Balaban J connectivity index is 1.52. The number of amides is 1. The Bertz CT molecular complexity index is 993. The molecular formula is C24H27N3OS. The van der Waals surface area contributed by atoms with Gasteiger partial charge < -0.3 is 4.90 Å². The third-order valence-electron chi connectivity index (χ3n) is 5.33. The highest BCUT2D eigenvalue weighted by Crippen LogP contribution is 2.33. The van der Waals surface area contributed by atoms with Crippen LogP contribution in [0.2, 0.25) is 0 Å². The van der Waals surface area contributed by atoms with Gasteiger partial charge in [-0.25, -0.2) is 0 Å². The Kier molecular flexibility index (Phi) is 5.76. The normalized spacial score (nSPS) is 16.1. The molecule has 1 aliphatic rings. The summed E-state index contributed by atoms with van der Waals surface area (Å²) in [5.41, 5.74) is 4.76. The van der Waals surface area contributed by atoms with Gasteiger partial charge >= 0.3 is 0 Å². The molecule has 0 aliphatic carbocycles. The van der Waals surface area contributed by atoms with Crippen molar-refractivity contribution in [2.24, 2.45) is 7.05 Å². The van der Waals surface area contributed by atoms with Crippen LogP contribution in [0.5, 0.6) is 0 Å². The van der Waals surface area contributed by atoms with Crippen molar-refractivity contribution in [3.63, 3.8) is 0 Å². The van der Waals surface area contributed by atoms with Gasteiger partial charge in [-0.3, -0.25) is 9.48 Å². The maximum Gasteiger partial charge on any atom is 0.227 e. The van der Waals surface area contributed by atoms with Gasteiger partial charge in [0, 0.05) is 42.4 Å². The fourth-order valence-electron chi connectivity index (χ4n) is 3.95. The van der Waals surface area contributed by atoms with E-state index >= 15 is 0 Å². The fraction of sp³-hybridized carbons (Fsp3) is 0.333. The molecule has 0 saturated carbocycles. The number of hydrogen-bond donors (Lipinski definition) is 0. The number of thioether (sulfide) groups is 1. The number of rotatable bonds is 5. The molecule has 1 aromatic heterocycles. The summed E-state index contributed by atoms with van der Waals surface area (Å²) in [6.45, 7) is 5.75. The molecule has 0 spiro atoms. The van der Waals surface area contributed by atoms with Crippen molar-refractivity contribution in [1.29, 1.82) is 0 Å². The Hall–Kier alpha value is -2.53. The lowest BCUT2D eigenvalue weighted by atomic mass is 9.86. The van der Waals surface area contributed by atoms with Crippen LogP contribution in [0.4, 0.5) is 0 Å². The first kappa shape index (κ1) is 19.8. The molecule has 1 amide bonds. The van der Waals surface area contributed by atoms with Crippen LogP contribution < -0.4 is 0 Å². The standard InChI is InChI=1S/C24H27N3OS/c1-17(2)29-21-10-8-18(9-11-21)12-24(28)27-15-19-6-4-5-7-22(19)23(16-27)20-13-25-26(3)14-20/h4-11,13-14,17,23H,12,15-16H2,1-3H3. The summed E-state index contributed by atoms with van der Waals surface area (Å²) in [6, 6.07) is 16.9. The highest BCUT2D eigenvalue weighted by atomic mass is 32.2. The van der Waals surface area contributed by atoms with E-state index in [1.54, 1.807) is 0 Å². The molecule has 150 valence electrons. The molecule has 0 bridgehead atoms. The third-order valence-corrected chi connectivity index (χ3v) is 6.34. The first-order chi connectivity index (χ1) is 14.0. The van der Waals surface area contributed by atoms with Gasteiger partial charge in [0.2, 0.25) is 5.91 Å². The van der Waals surface area contributed by atoms with Gasteiger partial charge in [-0.05, 0) is 34.4 Å². The first-order valence-corrected chi connectivity index (χ1v) is 11.0. The maximum absolute atomic E-state index is 13.1. The van der Waals surface area contributed by atoms with Crippen LogP contribution in [0.15, 0.2) is 65.8 Å². The fourth-order valence-corrected chi connectivity index (χ4v) is 4.78. The molecule has 0 N–H and O–H groups in total. The molecular weight excluding hydrogens is 378 g/mol. The number of fused-ring (bicyclic) bond motifs is 1. The lowest BCUT2D eigenvalue weighted by Gasteiger charge is -2.34. The van der Waals surface area contributed by atoms with E-state index in [0.29, 0.717) is 24.8 Å². The van der Waals surface area contributed by atoms with Crippen LogP contribution in [0.25, 0.3) is 0 Å². The van der Waals surface area contributed by atoms with Crippen molar-refractivity contribution in [3.8, 4) is 0 Å². The van der Waals surface area contributed by atoms with Gasteiger partial charge in [0.15, 0.2) is 0 Å². The van der Waals surface area contributed by atoms with E-state index in [4.69, 9.17) is 0 Å². The van der Waals surface area contributed by atoms with Crippen LogP contribution in [-0.2, 0) is 24.8 Å². The van der Waals surface area contributed by atoms with Gasteiger partial charge in [0.05, 0.1) is 12.6 Å². The predicted octanol–water partition coefficient (Wildman–Crippen LogP) is 4.64. The second-order valence-electron chi connectivity index (χ2n) is 7.96. The Labute approximate surface area is 176 Å². The number of carbonyl (C=O) groups excluding carboxylic acids is 1. The molecule has 5 heteroatoms. The first-order valence-electron chi connectivity index (χ1n) is 10.1. The number of aryl methyl sites for hydroxylation is 1. The molecule has 0 radical (unpaired) electrons. The second-order valence-corrected chi connectivity index (χ2v) is 9.61. The van der Waals surface area contributed by atoms with Crippen LogP contribution in [-0.4, -0.2) is 32.4 Å². The summed E-state index contributed by atoms with van der Waals surface area (Å²) < 4.78 is 1.83. The quantitative estimate of drug-likeness (QED) is 0.581. The number of carbonyl (C=O) groups is 1. The highest BCUT2D eigenvalue weighted by Gasteiger charge is 2.29. The van der Waals surface area contributed by atoms with Crippen molar-refractivity contribution in [1.82, 2.24) is 14.7 Å². The summed E-state index contributed by atoms with van der Waals surface area (Å²) in [4.78, 5) is 16.4. The molecule has 0 saturated heterocycles. The van der Waals surface area contributed by atoms with Crippen molar-refractivity contribution in [2.45, 2.75) is 42.9 Å². The van der Waals surface area contributed by atoms with Gasteiger partial charge in [-0.2, -0.15) is 5.10 Å². The summed E-state index contributed by atoms with van der Waals surface area (Å²) >= 11 is 1.84. The molecule has 1 unspecified atom stereocenters. The minimum atomic E-state index is 0.169. The minimum Gasteiger partial charge on any atom is -0.337 e. The van der Waals surface area contributed by atoms with Gasteiger partial charge in [-0.15, -0.1) is 11.8 Å². The summed E-state index contributed by atoms with van der Waals surface area (Å²) in [7, 11) is 1.93. The molecule has 1 atom stereocenters. The van der Waals surface area contributed by atoms with Crippen molar-refractivity contribution in [2.75, 3.05) is 6.54 Å². The molecule has 29 heavy (non-hydrogen) atoms. The zero-order chi connectivity index (χ0) is 20.4. The number of benzene rings is 2. The predicted molar refractivity (Wildman–Crippen MR) is 118 cm³/mol. The molecule has 4 rings (SSSR count). The molecule has 1 aliphatic heterocycles. The smallest absolute Gasteiger partial charge is 0.227 e. The lowest BCUT2D eigenvalue weighted by molar-refractivity contribution is -0.131. The lowest BCUT2D eigenvalue weighted by Crippen LogP contribution is -2.39. The average molecular weight is 406 g/mol. The van der Waals surface area contributed by atoms with E-state index in [0.717, 1.165) is 11.1 Å². The van der Waals surface area contributed by atoms with Crippen LogP contribution in [0.3, 0.4) is 0 Å². The van der Waals surface area contributed by atoms with Gasteiger partial charge in [0.1, 0.15) is 0 Å². The van der Waals surface area contributed by atoms with Gasteiger partial charge in [-0.1, -0.05) is 50.2 Å².